The Morgan fingerprint density at radius 1 is 0.867 bits per heavy atom. The third-order valence-electron chi connectivity index (χ3n) is 7.73. The van der Waals surface area contributed by atoms with Crippen LogP contribution in [0.4, 0.5) is 13.2 Å². The fourth-order valence-electron chi connectivity index (χ4n) is 5.46. The van der Waals surface area contributed by atoms with Gasteiger partial charge in [0.15, 0.2) is 5.90 Å². The fourth-order valence-corrected chi connectivity index (χ4v) is 8.67. The van der Waals surface area contributed by atoms with Gasteiger partial charge in [-0.15, -0.1) is 0 Å². The highest BCUT2D eigenvalue weighted by Gasteiger charge is 2.50. The second kappa shape index (κ2) is 13.2. The molecule has 244 valence electrons. The lowest BCUT2D eigenvalue weighted by molar-refractivity contribution is -0.139. The Morgan fingerprint density at radius 2 is 1.53 bits per heavy atom. The summed E-state index contributed by atoms with van der Waals surface area (Å²) in [5.74, 6) is 1.42. The Labute approximate surface area is 264 Å². The van der Waals surface area contributed by atoms with Crippen molar-refractivity contribution in [2.45, 2.75) is 89.9 Å². The van der Waals surface area contributed by atoms with Gasteiger partial charge in [-0.1, -0.05) is 77.9 Å². The van der Waals surface area contributed by atoms with E-state index in [4.69, 9.17) is 18.7 Å². The van der Waals surface area contributed by atoms with Crippen molar-refractivity contribution in [1.82, 2.24) is 0 Å². The molecule has 0 amide bonds. The normalized spacial score (nSPS) is 17.5. The number of nitrogens with zero attached hydrogens (tertiary/aromatic N) is 1. The molecule has 4 rings (SSSR count). The molecule has 1 aliphatic heterocycles. The second-order valence-electron chi connectivity index (χ2n) is 13.5. The maximum absolute atomic E-state index is 14.2. The van der Waals surface area contributed by atoms with Crippen molar-refractivity contribution in [2.75, 3.05) is 13.2 Å². The van der Waals surface area contributed by atoms with Gasteiger partial charge in [0.2, 0.25) is 7.37 Å². The number of alkyl halides is 3. The average molecular weight is 646 g/mol. The van der Waals surface area contributed by atoms with Gasteiger partial charge in [-0.3, -0.25) is 4.57 Å². The average Bonchev–Trinajstić information content (AvgIpc) is 3.33. The standard InChI is InChI=1S/C35H43F3NO5P/c1-25-39-34(23-42-25,24-43-45(40,32(2,3)4)33(5,6)7)19-18-26-16-17-31(30(21-26)35(36,37)38)41-22-27-12-11-15-29(20-27)44-28-13-9-8-10-14-28/h8-17,20-21H,18-19,22-24H2,1-7H3. The number of hydrogen-bond donors (Lipinski definition) is 0. The number of ether oxygens (including phenoxy) is 3. The zero-order valence-electron chi connectivity index (χ0n) is 27.0. The van der Waals surface area contributed by atoms with Crippen LogP contribution in [-0.2, 0) is 33.0 Å². The van der Waals surface area contributed by atoms with Gasteiger partial charge in [-0.25, -0.2) is 4.99 Å². The molecule has 0 fully saturated rings. The molecule has 0 N–H and O–H groups in total. The molecule has 0 saturated heterocycles. The molecule has 0 radical (unpaired) electrons. The van der Waals surface area contributed by atoms with Gasteiger partial charge in [0.1, 0.15) is 36.0 Å². The highest BCUT2D eigenvalue weighted by Crippen LogP contribution is 2.68. The Balaban J connectivity index is 1.49. The summed E-state index contributed by atoms with van der Waals surface area (Å²) in [5, 5.41) is -1.23. The topological polar surface area (TPSA) is 66.3 Å². The van der Waals surface area contributed by atoms with E-state index < -0.39 is 35.0 Å². The molecular weight excluding hydrogens is 602 g/mol. The first-order valence-corrected chi connectivity index (χ1v) is 16.6. The minimum Gasteiger partial charge on any atom is -0.488 e. The zero-order valence-corrected chi connectivity index (χ0v) is 27.9. The smallest absolute Gasteiger partial charge is 0.419 e. The van der Waals surface area contributed by atoms with Crippen LogP contribution in [0, 0.1) is 0 Å². The van der Waals surface area contributed by atoms with E-state index in [1.807, 2.05) is 71.9 Å². The summed E-state index contributed by atoms with van der Waals surface area (Å²) in [6.07, 6.45) is -3.99. The van der Waals surface area contributed by atoms with E-state index in [9.17, 15) is 17.7 Å². The molecule has 0 aliphatic carbocycles. The second-order valence-corrected chi connectivity index (χ2v) is 17.5. The van der Waals surface area contributed by atoms with Gasteiger partial charge in [0.25, 0.3) is 0 Å². The Hall–Kier alpha value is -3.29. The summed E-state index contributed by atoms with van der Waals surface area (Å²) in [5.41, 5.74) is -0.576. The van der Waals surface area contributed by atoms with Gasteiger partial charge in [-0.05, 0) is 60.4 Å². The van der Waals surface area contributed by atoms with E-state index in [1.165, 1.54) is 6.07 Å². The molecule has 0 bridgehead atoms. The number of hydrogen-bond acceptors (Lipinski definition) is 6. The van der Waals surface area contributed by atoms with E-state index in [2.05, 4.69) is 4.99 Å². The van der Waals surface area contributed by atoms with E-state index in [-0.39, 0.29) is 32.0 Å². The number of aryl methyl sites for hydroxylation is 1. The molecular formula is C35H43F3NO5P. The molecule has 3 aromatic rings. The predicted molar refractivity (Wildman–Crippen MR) is 172 cm³/mol. The van der Waals surface area contributed by atoms with Gasteiger partial charge in [0.05, 0.1) is 12.2 Å². The first-order chi connectivity index (χ1) is 20.9. The number of rotatable bonds is 11. The summed E-state index contributed by atoms with van der Waals surface area (Å²) in [7, 11) is -3.19. The van der Waals surface area contributed by atoms with Crippen LogP contribution < -0.4 is 9.47 Å². The van der Waals surface area contributed by atoms with Gasteiger partial charge in [-0.2, -0.15) is 13.2 Å². The lowest BCUT2D eigenvalue weighted by Gasteiger charge is -2.41. The third kappa shape index (κ3) is 8.50. The van der Waals surface area contributed by atoms with Gasteiger partial charge < -0.3 is 18.7 Å². The van der Waals surface area contributed by atoms with Crippen LogP contribution in [0.3, 0.4) is 0 Å². The largest absolute Gasteiger partial charge is 0.488 e. The lowest BCUT2D eigenvalue weighted by atomic mass is 9.93. The Bertz CT molecular complexity index is 1530. The first-order valence-electron chi connectivity index (χ1n) is 15.0. The van der Waals surface area contributed by atoms with Crippen molar-refractivity contribution in [2.24, 2.45) is 4.99 Å². The Kier molecular flexibility index (Phi) is 10.2. The predicted octanol–water partition coefficient (Wildman–Crippen LogP) is 10.1. The first kappa shape index (κ1) is 34.6. The molecule has 1 aliphatic rings. The van der Waals surface area contributed by atoms with E-state index in [1.54, 1.807) is 37.3 Å². The number of benzene rings is 3. The van der Waals surface area contributed by atoms with Crippen molar-refractivity contribution < 1.29 is 36.5 Å². The minimum atomic E-state index is -4.62. The van der Waals surface area contributed by atoms with Crippen molar-refractivity contribution >= 4 is 13.3 Å². The minimum absolute atomic E-state index is 0.0382. The summed E-state index contributed by atoms with van der Waals surface area (Å²) >= 11 is 0. The molecule has 3 aromatic carbocycles. The van der Waals surface area contributed by atoms with Crippen molar-refractivity contribution in [3.05, 3.63) is 89.5 Å². The summed E-state index contributed by atoms with van der Waals surface area (Å²) < 4.78 is 80.2. The molecule has 45 heavy (non-hydrogen) atoms. The molecule has 1 atom stereocenters. The Morgan fingerprint density at radius 3 is 2.13 bits per heavy atom. The number of aliphatic imine (C=N–C) groups is 1. The SMILES string of the molecule is CC1=NC(CCc2ccc(OCc3cccc(Oc4ccccc4)c3)c(C(F)(F)F)c2)(COP(=O)(C(C)(C)C)C(C)(C)C)CO1. The van der Waals surface area contributed by atoms with Crippen LogP contribution in [0.1, 0.15) is 71.6 Å². The number of halogens is 3. The lowest BCUT2D eigenvalue weighted by Crippen LogP contribution is -2.38. The summed E-state index contributed by atoms with van der Waals surface area (Å²) in [4.78, 5) is 4.68. The van der Waals surface area contributed by atoms with Crippen LogP contribution in [-0.4, -0.2) is 35.0 Å². The molecule has 1 heterocycles. The van der Waals surface area contributed by atoms with E-state index in [0.717, 1.165) is 6.07 Å². The maximum atomic E-state index is 14.2. The summed E-state index contributed by atoms with van der Waals surface area (Å²) in [6, 6.07) is 20.4. The summed E-state index contributed by atoms with van der Waals surface area (Å²) in [6.45, 7) is 13.3. The molecule has 0 spiro atoms. The third-order valence-corrected chi connectivity index (χ3v) is 11.8. The molecule has 6 nitrogen and oxygen atoms in total. The molecule has 0 saturated carbocycles. The molecule has 0 aromatic heterocycles. The molecule has 1 unspecified atom stereocenters. The van der Waals surface area contributed by atoms with Crippen LogP contribution in [0.15, 0.2) is 77.8 Å². The van der Waals surface area contributed by atoms with E-state index >= 15 is 0 Å². The van der Waals surface area contributed by atoms with Crippen LogP contribution in [0.25, 0.3) is 0 Å². The number of para-hydroxylation sites is 1. The van der Waals surface area contributed by atoms with Crippen LogP contribution in [0.2, 0.25) is 0 Å². The van der Waals surface area contributed by atoms with Crippen molar-refractivity contribution in [3.63, 3.8) is 0 Å². The van der Waals surface area contributed by atoms with Crippen LogP contribution >= 0.6 is 7.37 Å². The highest BCUT2D eigenvalue weighted by molar-refractivity contribution is 7.62. The van der Waals surface area contributed by atoms with Crippen molar-refractivity contribution in [1.29, 1.82) is 0 Å². The highest BCUT2D eigenvalue weighted by atomic mass is 31.2. The monoisotopic (exact) mass is 645 g/mol. The van der Waals surface area contributed by atoms with E-state index in [0.29, 0.717) is 34.9 Å². The maximum Gasteiger partial charge on any atom is 0.419 e. The zero-order chi connectivity index (χ0) is 33.1. The fraction of sp³-hybridized carbons (Fsp3) is 0.457. The molecule has 10 heteroatoms. The quantitative estimate of drug-likeness (QED) is 0.194. The van der Waals surface area contributed by atoms with Gasteiger partial charge in [0, 0.05) is 17.2 Å². The van der Waals surface area contributed by atoms with Gasteiger partial charge >= 0.3 is 6.18 Å². The van der Waals surface area contributed by atoms with Crippen LogP contribution in [0.5, 0.6) is 17.2 Å². The van der Waals surface area contributed by atoms with Crippen molar-refractivity contribution in [3.8, 4) is 17.2 Å².